The average molecular weight is 317 g/mol. The van der Waals surface area contributed by atoms with E-state index in [0.29, 0.717) is 0 Å². The Balaban J connectivity index is 2.16. The van der Waals surface area contributed by atoms with E-state index in [0.717, 1.165) is 33.3 Å². The highest BCUT2D eigenvalue weighted by Crippen LogP contribution is 2.34. The van der Waals surface area contributed by atoms with E-state index in [4.69, 9.17) is 4.74 Å². The Morgan fingerprint density at radius 2 is 1.75 bits per heavy atom. The lowest BCUT2D eigenvalue weighted by Gasteiger charge is -2.13. The highest BCUT2D eigenvalue weighted by molar-refractivity contribution is 6.08. The molecule has 0 spiro atoms. The Labute approximate surface area is 141 Å². The summed E-state index contributed by atoms with van der Waals surface area (Å²) < 4.78 is 5.47. The Hall–Kier alpha value is -3.07. The first kappa shape index (κ1) is 15.8. The van der Waals surface area contributed by atoms with Crippen molar-refractivity contribution in [1.29, 1.82) is 0 Å². The van der Waals surface area contributed by atoms with E-state index in [2.05, 4.69) is 29.6 Å². The first-order valence-electron chi connectivity index (χ1n) is 7.79. The molecule has 0 heterocycles. The number of hydrogen-bond acceptors (Lipinski definition) is 2. The molecular formula is C21H19NO2. The van der Waals surface area contributed by atoms with Gasteiger partial charge in [0.1, 0.15) is 5.75 Å². The fourth-order valence-corrected chi connectivity index (χ4v) is 2.77. The van der Waals surface area contributed by atoms with Crippen LogP contribution in [0, 0.1) is 0 Å². The van der Waals surface area contributed by atoms with Crippen LogP contribution < -0.4 is 10.1 Å². The molecule has 0 saturated carbocycles. The summed E-state index contributed by atoms with van der Waals surface area (Å²) in [6.45, 7) is 1.51. The van der Waals surface area contributed by atoms with Crippen molar-refractivity contribution < 1.29 is 9.53 Å². The van der Waals surface area contributed by atoms with Gasteiger partial charge < -0.3 is 10.1 Å². The number of methoxy groups -OCH3 is 1. The second-order valence-electron chi connectivity index (χ2n) is 5.51. The van der Waals surface area contributed by atoms with Crippen molar-refractivity contribution in [2.24, 2.45) is 0 Å². The molecule has 1 amide bonds. The lowest BCUT2D eigenvalue weighted by atomic mass is 10.0. The highest BCUT2D eigenvalue weighted by Gasteiger charge is 2.10. The summed E-state index contributed by atoms with van der Waals surface area (Å²) in [4.78, 5) is 11.5. The molecule has 0 saturated heterocycles. The van der Waals surface area contributed by atoms with Crippen LogP contribution in [0.1, 0.15) is 18.1 Å². The Bertz CT molecular complexity index is 898. The van der Waals surface area contributed by atoms with Gasteiger partial charge in [0.15, 0.2) is 0 Å². The topological polar surface area (TPSA) is 38.3 Å². The third-order valence-electron chi connectivity index (χ3n) is 3.82. The van der Waals surface area contributed by atoms with Crippen LogP contribution in [0.25, 0.3) is 22.9 Å². The van der Waals surface area contributed by atoms with Crippen molar-refractivity contribution in [3.8, 4) is 5.75 Å². The van der Waals surface area contributed by atoms with Crippen molar-refractivity contribution >= 4 is 34.5 Å². The molecule has 0 atom stereocenters. The van der Waals surface area contributed by atoms with Gasteiger partial charge in [-0.05, 0) is 23.3 Å². The maximum atomic E-state index is 11.5. The number of carbonyl (C=O) groups is 1. The number of fused-ring (bicyclic) bond motifs is 1. The third-order valence-corrected chi connectivity index (χ3v) is 3.82. The van der Waals surface area contributed by atoms with E-state index >= 15 is 0 Å². The molecule has 0 fully saturated rings. The molecule has 3 aromatic rings. The van der Waals surface area contributed by atoms with Crippen LogP contribution in [0.2, 0.25) is 0 Å². The minimum atomic E-state index is -0.0942. The SMILES string of the molecule is COc1ccc(/C=C/c2ccccc2)c2c(NC(C)=O)cccc12. The third kappa shape index (κ3) is 3.30. The maximum Gasteiger partial charge on any atom is 0.221 e. The molecule has 0 aliphatic rings. The molecule has 0 radical (unpaired) electrons. The van der Waals surface area contributed by atoms with Crippen molar-refractivity contribution in [2.75, 3.05) is 12.4 Å². The molecule has 0 bridgehead atoms. The van der Waals surface area contributed by atoms with Crippen molar-refractivity contribution in [3.05, 3.63) is 71.8 Å². The van der Waals surface area contributed by atoms with Gasteiger partial charge in [-0.3, -0.25) is 4.79 Å². The number of carbonyl (C=O) groups excluding carboxylic acids is 1. The van der Waals surface area contributed by atoms with Crippen LogP contribution in [0.3, 0.4) is 0 Å². The number of anilines is 1. The zero-order valence-electron chi connectivity index (χ0n) is 13.7. The van der Waals surface area contributed by atoms with Crippen LogP contribution in [0.15, 0.2) is 60.7 Å². The van der Waals surface area contributed by atoms with Gasteiger partial charge >= 0.3 is 0 Å². The molecule has 3 nitrogen and oxygen atoms in total. The van der Waals surface area contributed by atoms with Gasteiger partial charge in [0.2, 0.25) is 5.91 Å². The minimum absolute atomic E-state index is 0.0942. The summed E-state index contributed by atoms with van der Waals surface area (Å²) in [5.74, 6) is 0.692. The second kappa shape index (κ2) is 7.01. The van der Waals surface area contributed by atoms with E-state index in [-0.39, 0.29) is 5.91 Å². The first-order valence-corrected chi connectivity index (χ1v) is 7.79. The van der Waals surface area contributed by atoms with E-state index in [9.17, 15) is 4.79 Å². The Morgan fingerprint density at radius 3 is 2.46 bits per heavy atom. The smallest absolute Gasteiger partial charge is 0.221 e. The minimum Gasteiger partial charge on any atom is -0.496 e. The Kier molecular flexibility index (Phi) is 4.62. The van der Waals surface area contributed by atoms with E-state index < -0.39 is 0 Å². The van der Waals surface area contributed by atoms with Crippen molar-refractivity contribution in [1.82, 2.24) is 0 Å². The van der Waals surface area contributed by atoms with Gasteiger partial charge in [0.05, 0.1) is 7.11 Å². The van der Waals surface area contributed by atoms with E-state index in [1.807, 2.05) is 48.5 Å². The van der Waals surface area contributed by atoms with Crippen LogP contribution in [-0.2, 0) is 4.79 Å². The van der Waals surface area contributed by atoms with Crippen LogP contribution in [0.5, 0.6) is 5.75 Å². The number of nitrogens with one attached hydrogen (secondary N) is 1. The lowest BCUT2D eigenvalue weighted by Crippen LogP contribution is -2.06. The number of ether oxygens (including phenoxy) is 1. The molecule has 3 rings (SSSR count). The number of amides is 1. The molecular weight excluding hydrogens is 298 g/mol. The summed E-state index contributed by atoms with van der Waals surface area (Å²) in [5.41, 5.74) is 2.93. The summed E-state index contributed by atoms with van der Waals surface area (Å²) >= 11 is 0. The Morgan fingerprint density at radius 1 is 0.958 bits per heavy atom. The average Bonchev–Trinajstić information content (AvgIpc) is 2.60. The van der Waals surface area contributed by atoms with Crippen LogP contribution >= 0.6 is 0 Å². The van der Waals surface area contributed by atoms with Crippen LogP contribution in [0.4, 0.5) is 5.69 Å². The molecule has 0 aromatic heterocycles. The van der Waals surface area contributed by atoms with Crippen molar-refractivity contribution in [3.63, 3.8) is 0 Å². The van der Waals surface area contributed by atoms with Crippen LogP contribution in [-0.4, -0.2) is 13.0 Å². The van der Waals surface area contributed by atoms with E-state index in [1.165, 1.54) is 6.92 Å². The van der Waals surface area contributed by atoms with Gasteiger partial charge in [-0.25, -0.2) is 0 Å². The molecule has 3 heteroatoms. The molecule has 3 aromatic carbocycles. The quantitative estimate of drug-likeness (QED) is 0.689. The molecule has 120 valence electrons. The van der Waals surface area contributed by atoms with Gasteiger partial charge in [-0.15, -0.1) is 0 Å². The zero-order chi connectivity index (χ0) is 16.9. The van der Waals surface area contributed by atoms with Gasteiger partial charge in [0.25, 0.3) is 0 Å². The molecule has 1 N–H and O–H groups in total. The molecule has 0 unspecified atom stereocenters. The largest absolute Gasteiger partial charge is 0.496 e. The summed E-state index contributed by atoms with van der Waals surface area (Å²) in [6.07, 6.45) is 4.12. The van der Waals surface area contributed by atoms with Crippen molar-refractivity contribution in [2.45, 2.75) is 6.92 Å². The molecule has 0 aliphatic heterocycles. The lowest BCUT2D eigenvalue weighted by molar-refractivity contribution is -0.114. The molecule has 0 aliphatic carbocycles. The maximum absolute atomic E-state index is 11.5. The summed E-state index contributed by atoms with van der Waals surface area (Å²) in [5, 5.41) is 4.85. The zero-order valence-corrected chi connectivity index (χ0v) is 13.7. The highest BCUT2D eigenvalue weighted by atomic mass is 16.5. The van der Waals surface area contributed by atoms with Gasteiger partial charge in [0, 0.05) is 23.4 Å². The number of rotatable bonds is 4. The van der Waals surface area contributed by atoms with Gasteiger partial charge in [-0.2, -0.15) is 0 Å². The fraction of sp³-hybridized carbons (Fsp3) is 0.0952. The standard InChI is InChI=1S/C21H19NO2/c1-15(23)22-19-10-6-9-18-20(24-2)14-13-17(21(18)19)12-11-16-7-4-3-5-8-16/h3-14H,1-2H3,(H,22,23)/b12-11+. The number of hydrogen-bond donors (Lipinski definition) is 1. The summed E-state index contributed by atoms with van der Waals surface area (Å²) in [6, 6.07) is 19.9. The second-order valence-corrected chi connectivity index (χ2v) is 5.51. The van der Waals surface area contributed by atoms with Gasteiger partial charge in [-0.1, -0.05) is 60.7 Å². The molecule has 24 heavy (non-hydrogen) atoms. The predicted octanol–water partition coefficient (Wildman–Crippen LogP) is 4.98. The van der Waals surface area contributed by atoms with E-state index in [1.54, 1.807) is 7.11 Å². The normalized spacial score (nSPS) is 10.9. The summed E-state index contributed by atoms with van der Waals surface area (Å²) in [7, 11) is 1.65. The monoisotopic (exact) mass is 317 g/mol. The first-order chi connectivity index (χ1) is 11.7. The fourth-order valence-electron chi connectivity index (χ4n) is 2.77. The predicted molar refractivity (Wildman–Crippen MR) is 100 cm³/mol. The number of benzene rings is 3.